The molecular formula is C8H12ClNO. The van der Waals surface area contributed by atoms with Crippen LogP contribution in [0, 0.1) is 13.8 Å². The molecule has 0 aliphatic rings. The summed E-state index contributed by atoms with van der Waals surface area (Å²) in [5.74, 6) is 0. The second kappa shape index (κ2) is 4.31. The maximum atomic E-state index is 8.75. The van der Waals surface area contributed by atoms with Crippen LogP contribution in [0.5, 0.6) is 0 Å². The van der Waals surface area contributed by atoms with Crippen LogP contribution in [0.1, 0.15) is 16.8 Å². The van der Waals surface area contributed by atoms with E-state index >= 15 is 0 Å². The van der Waals surface area contributed by atoms with Gasteiger partial charge in [0.2, 0.25) is 0 Å². The number of nitrogens with zero attached hydrogens (tertiary/aromatic N) is 1. The van der Waals surface area contributed by atoms with E-state index in [0.29, 0.717) is 0 Å². The smallest absolute Gasteiger partial charge is 0.0855 e. The molecule has 1 rings (SSSR count). The van der Waals surface area contributed by atoms with Crippen LogP contribution < -0.4 is 0 Å². The van der Waals surface area contributed by atoms with Crippen LogP contribution in [-0.2, 0) is 6.61 Å². The molecule has 3 heteroatoms. The van der Waals surface area contributed by atoms with Gasteiger partial charge < -0.3 is 5.11 Å². The fraction of sp³-hybridized carbons (Fsp3) is 0.375. The van der Waals surface area contributed by atoms with Crippen molar-refractivity contribution in [3.05, 3.63) is 29.1 Å². The van der Waals surface area contributed by atoms with Gasteiger partial charge in [0.05, 0.1) is 12.3 Å². The standard InChI is InChI=1S/C8H11NO.ClH/c1-6-3-7(2)8(5-10)9-4-6;/h3-4,10H,5H2,1-2H3;1H. The van der Waals surface area contributed by atoms with Gasteiger partial charge in [0.1, 0.15) is 0 Å². The highest BCUT2D eigenvalue weighted by atomic mass is 35.5. The molecule has 0 spiro atoms. The second-order valence-corrected chi connectivity index (χ2v) is 2.43. The third kappa shape index (κ3) is 2.48. The van der Waals surface area contributed by atoms with Gasteiger partial charge in [0.15, 0.2) is 0 Å². The van der Waals surface area contributed by atoms with Crippen molar-refractivity contribution in [2.45, 2.75) is 20.5 Å². The van der Waals surface area contributed by atoms with Gasteiger partial charge in [-0.15, -0.1) is 12.4 Å². The van der Waals surface area contributed by atoms with Crippen molar-refractivity contribution in [1.29, 1.82) is 0 Å². The van der Waals surface area contributed by atoms with Gasteiger partial charge in [0.25, 0.3) is 0 Å². The number of hydrogen-bond donors (Lipinski definition) is 1. The number of pyridine rings is 1. The molecule has 0 aromatic carbocycles. The Balaban J connectivity index is 0.000001000. The van der Waals surface area contributed by atoms with Gasteiger partial charge in [-0.2, -0.15) is 0 Å². The lowest BCUT2D eigenvalue weighted by molar-refractivity contribution is 0.276. The molecular weight excluding hydrogens is 162 g/mol. The van der Waals surface area contributed by atoms with Gasteiger partial charge in [-0.1, -0.05) is 6.07 Å². The summed E-state index contributed by atoms with van der Waals surface area (Å²) in [5.41, 5.74) is 2.96. The molecule has 11 heavy (non-hydrogen) atoms. The topological polar surface area (TPSA) is 33.1 Å². The van der Waals surface area contributed by atoms with Crippen molar-refractivity contribution in [3.63, 3.8) is 0 Å². The minimum atomic E-state index is 0. The molecule has 62 valence electrons. The Labute approximate surface area is 72.7 Å². The van der Waals surface area contributed by atoms with Gasteiger partial charge in [-0.3, -0.25) is 4.98 Å². The van der Waals surface area contributed by atoms with Crippen molar-refractivity contribution in [1.82, 2.24) is 4.98 Å². The Morgan fingerprint density at radius 2 is 2.09 bits per heavy atom. The van der Waals surface area contributed by atoms with Crippen molar-refractivity contribution < 1.29 is 5.11 Å². The Morgan fingerprint density at radius 1 is 1.45 bits per heavy atom. The summed E-state index contributed by atoms with van der Waals surface area (Å²) >= 11 is 0. The molecule has 0 saturated carbocycles. The monoisotopic (exact) mass is 173 g/mol. The number of rotatable bonds is 1. The molecule has 0 aliphatic heterocycles. The fourth-order valence-electron chi connectivity index (χ4n) is 0.909. The Hall–Kier alpha value is -0.600. The molecule has 0 saturated heterocycles. The zero-order valence-corrected chi connectivity index (χ0v) is 7.48. The SMILES string of the molecule is Cc1cnc(CO)c(C)c1.Cl. The highest BCUT2D eigenvalue weighted by molar-refractivity contribution is 5.85. The highest BCUT2D eigenvalue weighted by Gasteiger charge is 1.95. The Morgan fingerprint density at radius 3 is 2.55 bits per heavy atom. The van der Waals surface area contributed by atoms with Crippen molar-refractivity contribution >= 4 is 12.4 Å². The molecule has 0 unspecified atom stereocenters. The number of aliphatic hydroxyl groups excluding tert-OH is 1. The van der Waals surface area contributed by atoms with Crippen molar-refractivity contribution in [2.75, 3.05) is 0 Å². The normalized spacial score (nSPS) is 9.00. The first-order chi connectivity index (χ1) is 4.74. The number of aryl methyl sites for hydroxylation is 2. The van der Waals surface area contributed by atoms with E-state index in [0.717, 1.165) is 16.8 Å². The first-order valence-electron chi connectivity index (χ1n) is 3.27. The van der Waals surface area contributed by atoms with Crippen molar-refractivity contribution in [2.24, 2.45) is 0 Å². The lowest BCUT2D eigenvalue weighted by Gasteiger charge is -2.00. The second-order valence-electron chi connectivity index (χ2n) is 2.43. The van der Waals surface area contributed by atoms with Gasteiger partial charge in [-0.05, 0) is 25.0 Å². The van der Waals surface area contributed by atoms with Crippen LogP contribution in [0.15, 0.2) is 12.3 Å². The first kappa shape index (κ1) is 10.4. The summed E-state index contributed by atoms with van der Waals surface area (Å²) in [6.45, 7) is 3.97. The molecule has 1 aromatic heterocycles. The third-order valence-corrected chi connectivity index (χ3v) is 1.47. The average molecular weight is 174 g/mol. The van der Waals surface area contributed by atoms with Crippen LogP contribution in [0.4, 0.5) is 0 Å². The minimum absolute atomic E-state index is 0. The van der Waals surface area contributed by atoms with E-state index in [1.165, 1.54) is 0 Å². The maximum Gasteiger partial charge on any atom is 0.0855 e. The van der Waals surface area contributed by atoms with Crippen LogP contribution in [0.25, 0.3) is 0 Å². The van der Waals surface area contributed by atoms with E-state index in [9.17, 15) is 0 Å². The fourth-order valence-corrected chi connectivity index (χ4v) is 0.909. The predicted octanol–water partition coefficient (Wildman–Crippen LogP) is 1.61. The molecule has 2 nitrogen and oxygen atoms in total. The summed E-state index contributed by atoms with van der Waals surface area (Å²) in [5, 5.41) is 8.75. The Bertz CT molecular complexity index is 238. The van der Waals surface area contributed by atoms with E-state index < -0.39 is 0 Å². The lowest BCUT2D eigenvalue weighted by Crippen LogP contribution is -1.93. The van der Waals surface area contributed by atoms with E-state index in [4.69, 9.17) is 5.11 Å². The molecule has 0 atom stereocenters. The zero-order chi connectivity index (χ0) is 7.56. The van der Waals surface area contributed by atoms with E-state index in [2.05, 4.69) is 4.98 Å². The largest absolute Gasteiger partial charge is 0.390 e. The Kier molecular flexibility index (Phi) is 4.08. The molecule has 0 radical (unpaired) electrons. The predicted molar refractivity (Wildman–Crippen MR) is 46.9 cm³/mol. The van der Waals surface area contributed by atoms with E-state index in [1.54, 1.807) is 6.20 Å². The summed E-state index contributed by atoms with van der Waals surface area (Å²) in [6.07, 6.45) is 1.76. The first-order valence-corrected chi connectivity index (χ1v) is 3.27. The lowest BCUT2D eigenvalue weighted by atomic mass is 10.2. The summed E-state index contributed by atoms with van der Waals surface area (Å²) in [6, 6.07) is 2.01. The maximum absolute atomic E-state index is 8.75. The van der Waals surface area contributed by atoms with Crippen LogP contribution in [-0.4, -0.2) is 10.1 Å². The van der Waals surface area contributed by atoms with Gasteiger partial charge in [-0.25, -0.2) is 0 Å². The molecule has 0 amide bonds. The van der Waals surface area contributed by atoms with E-state index in [1.807, 2.05) is 19.9 Å². The number of halogens is 1. The van der Waals surface area contributed by atoms with Gasteiger partial charge in [0, 0.05) is 6.20 Å². The molecule has 0 aliphatic carbocycles. The average Bonchev–Trinajstić information content (AvgIpc) is 1.88. The number of aromatic nitrogens is 1. The summed E-state index contributed by atoms with van der Waals surface area (Å²) in [4.78, 5) is 4.05. The third-order valence-electron chi connectivity index (χ3n) is 1.47. The van der Waals surface area contributed by atoms with E-state index in [-0.39, 0.29) is 19.0 Å². The molecule has 1 aromatic rings. The minimum Gasteiger partial charge on any atom is -0.390 e. The van der Waals surface area contributed by atoms with Crippen LogP contribution in [0.3, 0.4) is 0 Å². The highest BCUT2D eigenvalue weighted by Crippen LogP contribution is 2.05. The van der Waals surface area contributed by atoms with Crippen LogP contribution in [0.2, 0.25) is 0 Å². The van der Waals surface area contributed by atoms with Crippen LogP contribution >= 0.6 is 12.4 Å². The molecule has 0 bridgehead atoms. The summed E-state index contributed by atoms with van der Waals surface area (Å²) < 4.78 is 0. The molecule has 1 N–H and O–H groups in total. The zero-order valence-electron chi connectivity index (χ0n) is 6.66. The molecule has 0 fully saturated rings. The molecule has 1 heterocycles. The van der Waals surface area contributed by atoms with Crippen molar-refractivity contribution in [3.8, 4) is 0 Å². The number of aliphatic hydroxyl groups is 1. The quantitative estimate of drug-likeness (QED) is 0.700. The summed E-state index contributed by atoms with van der Waals surface area (Å²) in [7, 11) is 0. The number of hydrogen-bond acceptors (Lipinski definition) is 2. The van der Waals surface area contributed by atoms with Gasteiger partial charge >= 0.3 is 0 Å².